The first-order valence-corrected chi connectivity index (χ1v) is 6.33. The maximum atomic E-state index is 11.8. The number of rotatable bonds is 4. The lowest BCUT2D eigenvalue weighted by Gasteiger charge is -2.23. The van der Waals surface area contributed by atoms with Gasteiger partial charge in [-0.25, -0.2) is 0 Å². The third-order valence-electron chi connectivity index (χ3n) is 3.14. The third kappa shape index (κ3) is 3.30. The second-order valence-corrected chi connectivity index (χ2v) is 4.44. The molecule has 0 radical (unpaired) electrons. The lowest BCUT2D eigenvalue weighted by molar-refractivity contribution is 0.0947. The molecular formula is C12H20N4O. The fraction of sp³-hybridized carbons (Fsp3) is 0.667. The molecule has 1 aliphatic heterocycles. The number of carbonyl (C=O) groups excluding carboxylic acids is 1. The van der Waals surface area contributed by atoms with Gasteiger partial charge in [-0.15, -0.1) is 0 Å². The molecule has 1 amide bonds. The molecule has 1 fully saturated rings. The van der Waals surface area contributed by atoms with Gasteiger partial charge in [0.05, 0.1) is 11.8 Å². The standard InChI is InChI=1S/C12H20N4O/c1-2-16-9-10(7-15-16)12(17)14-8-11-5-3-4-6-13-11/h7,9,11,13H,2-6,8H2,1H3,(H,14,17). The van der Waals surface area contributed by atoms with E-state index in [0.29, 0.717) is 18.2 Å². The molecule has 2 rings (SSSR count). The number of carbonyl (C=O) groups is 1. The summed E-state index contributed by atoms with van der Waals surface area (Å²) in [6.45, 7) is 4.56. The predicted molar refractivity (Wildman–Crippen MR) is 65.9 cm³/mol. The summed E-state index contributed by atoms with van der Waals surface area (Å²) in [4.78, 5) is 11.8. The zero-order chi connectivity index (χ0) is 12.1. The molecular weight excluding hydrogens is 216 g/mol. The molecule has 0 bridgehead atoms. The van der Waals surface area contributed by atoms with Crippen LogP contribution in [0.4, 0.5) is 0 Å². The van der Waals surface area contributed by atoms with Crippen LogP contribution in [-0.2, 0) is 6.54 Å². The second-order valence-electron chi connectivity index (χ2n) is 4.44. The van der Waals surface area contributed by atoms with Gasteiger partial charge >= 0.3 is 0 Å². The van der Waals surface area contributed by atoms with Crippen LogP contribution < -0.4 is 10.6 Å². The summed E-state index contributed by atoms with van der Waals surface area (Å²) in [6, 6.07) is 0.425. The largest absolute Gasteiger partial charge is 0.350 e. The van der Waals surface area contributed by atoms with Gasteiger partial charge in [0, 0.05) is 25.3 Å². The molecule has 0 spiro atoms. The molecule has 94 valence electrons. The van der Waals surface area contributed by atoms with Gasteiger partial charge in [0.2, 0.25) is 0 Å². The topological polar surface area (TPSA) is 59.0 Å². The van der Waals surface area contributed by atoms with Crippen molar-refractivity contribution in [2.24, 2.45) is 0 Å². The average Bonchev–Trinajstić information content (AvgIpc) is 2.86. The van der Waals surface area contributed by atoms with Crippen molar-refractivity contribution in [3.05, 3.63) is 18.0 Å². The molecule has 5 nitrogen and oxygen atoms in total. The van der Waals surface area contributed by atoms with Crippen LogP contribution in [0.1, 0.15) is 36.5 Å². The molecule has 17 heavy (non-hydrogen) atoms. The van der Waals surface area contributed by atoms with Crippen molar-refractivity contribution in [2.45, 2.75) is 38.8 Å². The first-order chi connectivity index (χ1) is 8.29. The van der Waals surface area contributed by atoms with E-state index in [0.717, 1.165) is 19.5 Å². The number of nitrogens with one attached hydrogen (secondary N) is 2. The fourth-order valence-electron chi connectivity index (χ4n) is 2.07. The highest BCUT2D eigenvalue weighted by molar-refractivity contribution is 5.93. The van der Waals surface area contributed by atoms with Crippen LogP contribution in [0.2, 0.25) is 0 Å². The second kappa shape index (κ2) is 5.82. The van der Waals surface area contributed by atoms with Crippen molar-refractivity contribution < 1.29 is 4.79 Å². The van der Waals surface area contributed by atoms with Crippen LogP contribution >= 0.6 is 0 Å². The van der Waals surface area contributed by atoms with Crippen molar-refractivity contribution in [3.63, 3.8) is 0 Å². The first-order valence-electron chi connectivity index (χ1n) is 6.33. The monoisotopic (exact) mass is 236 g/mol. The Bertz CT molecular complexity index is 368. The highest BCUT2D eigenvalue weighted by Gasteiger charge is 2.14. The van der Waals surface area contributed by atoms with Gasteiger partial charge in [-0.2, -0.15) is 5.10 Å². The van der Waals surface area contributed by atoms with E-state index in [9.17, 15) is 4.79 Å². The average molecular weight is 236 g/mol. The summed E-state index contributed by atoms with van der Waals surface area (Å²) in [5.74, 6) is -0.0305. The number of aryl methyl sites for hydroxylation is 1. The number of aromatic nitrogens is 2. The Morgan fingerprint density at radius 2 is 2.53 bits per heavy atom. The van der Waals surface area contributed by atoms with Crippen LogP contribution in [0.15, 0.2) is 12.4 Å². The maximum Gasteiger partial charge on any atom is 0.254 e. The van der Waals surface area contributed by atoms with Crippen molar-refractivity contribution >= 4 is 5.91 Å². The number of amides is 1. The summed E-state index contributed by atoms with van der Waals surface area (Å²) in [6.07, 6.45) is 7.04. The third-order valence-corrected chi connectivity index (χ3v) is 3.14. The summed E-state index contributed by atoms with van der Waals surface area (Å²) in [5.41, 5.74) is 0.641. The Labute approximate surface area is 102 Å². The SMILES string of the molecule is CCn1cc(C(=O)NCC2CCCCN2)cn1. The highest BCUT2D eigenvalue weighted by Crippen LogP contribution is 2.06. The molecule has 1 unspecified atom stereocenters. The van der Waals surface area contributed by atoms with Gasteiger partial charge in [0.25, 0.3) is 5.91 Å². The van der Waals surface area contributed by atoms with Gasteiger partial charge < -0.3 is 10.6 Å². The zero-order valence-corrected chi connectivity index (χ0v) is 10.3. The van der Waals surface area contributed by atoms with Gasteiger partial charge in [-0.3, -0.25) is 9.48 Å². The van der Waals surface area contributed by atoms with Crippen LogP contribution in [0.3, 0.4) is 0 Å². The normalized spacial score (nSPS) is 20.2. The number of hydrogen-bond donors (Lipinski definition) is 2. The molecule has 2 heterocycles. The first kappa shape index (κ1) is 12.1. The summed E-state index contributed by atoms with van der Waals surface area (Å²) in [7, 11) is 0. The van der Waals surface area contributed by atoms with Crippen molar-refractivity contribution in [1.29, 1.82) is 0 Å². The quantitative estimate of drug-likeness (QED) is 0.812. The Balaban J connectivity index is 1.80. The molecule has 2 N–H and O–H groups in total. The number of piperidine rings is 1. The van der Waals surface area contributed by atoms with E-state index in [1.807, 2.05) is 6.92 Å². The molecule has 5 heteroatoms. The van der Waals surface area contributed by atoms with Gasteiger partial charge in [-0.05, 0) is 26.3 Å². The minimum Gasteiger partial charge on any atom is -0.350 e. The molecule has 1 saturated heterocycles. The van der Waals surface area contributed by atoms with E-state index < -0.39 is 0 Å². The Morgan fingerprint density at radius 1 is 1.65 bits per heavy atom. The minimum absolute atomic E-state index is 0.0305. The Morgan fingerprint density at radius 3 is 3.18 bits per heavy atom. The van der Waals surface area contributed by atoms with Crippen molar-refractivity contribution in [3.8, 4) is 0 Å². The summed E-state index contributed by atoms with van der Waals surface area (Å²) < 4.78 is 1.76. The lowest BCUT2D eigenvalue weighted by Crippen LogP contribution is -2.43. The van der Waals surface area contributed by atoms with Crippen molar-refractivity contribution in [2.75, 3.05) is 13.1 Å². The molecule has 1 atom stereocenters. The molecule has 1 aromatic heterocycles. The van der Waals surface area contributed by atoms with E-state index in [2.05, 4.69) is 15.7 Å². The molecule has 0 aliphatic carbocycles. The van der Waals surface area contributed by atoms with E-state index in [-0.39, 0.29) is 5.91 Å². The van der Waals surface area contributed by atoms with Crippen LogP contribution in [0, 0.1) is 0 Å². The smallest absolute Gasteiger partial charge is 0.254 e. The zero-order valence-electron chi connectivity index (χ0n) is 10.3. The van der Waals surface area contributed by atoms with Gasteiger partial charge in [0.15, 0.2) is 0 Å². The van der Waals surface area contributed by atoms with E-state index in [1.165, 1.54) is 12.8 Å². The predicted octanol–water partition coefficient (Wildman–Crippen LogP) is 0.775. The van der Waals surface area contributed by atoms with Gasteiger partial charge in [0.1, 0.15) is 0 Å². The van der Waals surface area contributed by atoms with Crippen LogP contribution in [-0.4, -0.2) is 34.8 Å². The van der Waals surface area contributed by atoms with E-state index in [1.54, 1.807) is 17.1 Å². The molecule has 1 aromatic rings. The maximum absolute atomic E-state index is 11.8. The Hall–Kier alpha value is -1.36. The Kier molecular flexibility index (Phi) is 4.14. The highest BCUT2D eigenvalue weighted by atomic mass is 16.1. The number of nitrogens with zero attached hydrogens (tertiary/aromatic N) is 2. The van der Waals surface area contributed by atoms with E-state index >= 15 is 0 Å². The number of hydrogen-bond acceptors (Lipinski definition) is 3. The molecule has 0 saturated carbocycles. The van der Waals surface area contributed by atoms with Crippen molar-refractivity contribution in [1.82, 2.24) is 20.4 Å². The minimum atomic E-state index is -0.0305. The summed E-state index contributed by atoms with van der Waals surface area (Å²) >= 11 is 0. The summed E-state index contributed by atoms with van der Waals surface area (Å²) in [5, 5.41) is 10.4. The molecule has 1 aliphatic rings. The molecule has 0 aromatic carbocycles. The van der Waals surface area contributed by atoms with Crippen LogP contribution in [0.25, 0.3) is 0 Å². The lowest BCUT2D eigenvalue weighted by atomic mass is 10.1. The van der Waals surface area contributed by atoms with Gasteiger partial charge in [-0.1, -0.05) is 6.42 Å². The fourth-order valence-corrected chi connectivity index (χ4v) is 2.07. The van der Waals surface area contributed by atoms with E-state index in [4.69, 9.17) is 0 Å². The van der Waals surface area contributed by atoms with Crippen LogP contribution in [0.5, 0.6) is 0 Å².